The lowest BCUT2D eigenvalue weighted by Gasteiger charge is -1.81. The summed E-state index contributed by atoms with van der Waals surface area (Å²) in [5.41, 5.74) is 5.09. The van der Waals surface area contributed by atoms with Crippen LogP contribution < -0.4 is 5.73 Å². The number of hydrogen-bond donors (Lipinski definition) is 3. The molecule has 0 unspecified atom stereocenters. The molecule has 0 aromatic carbocycles. The Morgan fingerprint density at radius 1 is 1.14 bits per heavy atom. The highest BCUT2D eigenvalue weighted by atomic mass is 16.4. The van der Waals surface area contributed by atoms with Gasteiger partial charge in [-0.15, -0.1) is 0 Å². The zero-order valence-corrected chi connectivity index (χ0v) is 7.56. The molecule has 0 rings (SSSR count). The minimum absolute atomic E-state index is 0.398. The first-order valence-corrected chi connectivity index (χ1v) is 3.36. The van der Waals surface area contributed by atoms with Gasteiger partial charge in [0, 0.05) is 17.7 Å². The van der Waals surface area contributed by atoms with Crippen molar-refractivity contribution in [2.75, 3.05) is 0 Å². The second-order valence-corrected chi connectivity index (χ2v) is 2.15. The van der Waals surface area contributed by atoms with Gasteiger partial charge in [0.1, 0.15) is 0 Å². The van der Waals surface area contributed by atoms with Crippen molar-refractivity contribution in [2.24, 2.45) is 5.73 Å². The zero-order chi connectivity index (χ0) is 11.7. The average Bonchev–Trinajstić information content (AvgIpc) is 2.01. The summed E-state index contributed by atoms with van der Waals surface area (Å²) in [6.45, 7) is 4.85. The largest absolute Gasteiger partial charge is 0.478 e. The van der Waals surface area contributed by atoms with Crippen LogP contribution in [0.25, 0.3) is 0 Å². The molecule has 0 bridgehead atoms. The molecule has 0 radical (unpaired) electrons. The molecular weight excluding hydrogens is 190 g/mol. The first kappa shape index (κ1) is 14.4. The second-order valence-electron chi connectivity index (χ2n) is 2.15. The van der Waals surface area contributed by atoms with Crippen LogP contribution in [-0.4, -0.2) is 28.1 Å². The molecule has 78 valence electrons. The van der Waals surface area contributed by atoms with Crippen LogP contribution in [0, 0.1) is 0 Å². The third kappa shape index (κ3) is 16.5. The Morgan fingerprint density at radius 3 is 1.43 bits per heavy atom. The fourth-order valence-electron chi connectivity index (χ4n) is 0.143. The van der Waals surface area contributed by atoms with E-state index in [0.717, 1.165) is 0 Å². The van der Waals surface area contributed by atoms with Gasteiger partial charge in [0.25, 0.3) is 0 Å². The monoisotopic (exact) mass is 201 g/mol. The average molecular weight is 201 g/mol. The number of carboxylic acids is 2. The summed E-state index contributed by atoms with van der Waals surface area (Å²) in [4.78, 5) is 28.9. The Balaban J connectivity index is 0. The molecule has 6 heteroatoms. The van der Waals surface area contributed by atoms with Crippen molar-refractivity contribution in [1.82, 2.24) is 0 Å². The summed E-state index contributed by atoms with van der Waals surface area (Å²) in [6.07, 6.45) is 1.12. The molecule has 0 spiro atoms. The standard InChI is InChI=1S/C4H7NO.C4H4O4/c1-3(2)4(5)6;5-3(6)1-2-4(7)8/h1H2,2H3,(H2,5,6);1-2H,(H,5,6)(H,7,8)/b;2-1-. The van der Waals surface area contributed by atoms with Gasteiger partial charge in [-0.2, -0.15) is 0 Å². The second kappa shape index (κ2) is 7.53. The summed E-state index contributed by atoms with van der Waals surface area (Å²) < 4.78 is 0. The molecule has 0 aliphatic carbocycles. The van der Waals surface area contributed by atoms with Gasteiger partial charge in [0.15, 0.2) is 0 Å². The highest BCUT2D eigenvalue weighted by Crippen LogP contribution is 1.78. The lowest BCUT2D eigenvalue weighted by atomic mass is 10.3. The van der Waals surface area contributed by atoms with Crippen molar-refractivity contribution >= 4 is 17.8 Å². The molecular formula is C8H11NO5. The molecule has 0 heterocycles. The van der Waals surface area contributed by atoms with E-state index >= 15 is 0 Å². The maximum Gasteiger partial charge on any atom is 0.328 e. The van der Waals surface area contributed by atoms with Crippen molar-refractivity contribution in [3.05, 3.63) is 24.3 Å². The van der Waals surface area contributed by atoms with Crippen LogP contribution in [0.1, 0.15) is 6.92 Å². The quantitative estimate of drug-likeness (QED) is 0.544. The van der Waals surface area contributed by atoms with Crippen molar-refractivity contribution in [1.29, 1.82) is 0 Å². The highest BCUT2D eigenvalue weighted by Gasteiger charge is 1.88. The summed E-state index contributed by atoms with van der Waals surface area (Å²) in [5, 5.41) is 15.6. The van der Waals surface area contributed by atoms with Crippen LogP contribution in [-0.2, 0) is 14.4 Å². The SMILES string of the molecule is C=C(C)C(N)=O.O=C(O)/C=C\C(=O)O. The number of nitrogens with two attached hydrogens (primary N) is 1. The number of carbonyl (C=O) groups excluding carboxylic acids is 1. The fraction of sp³-hybridized carbons (Fsp3) is 0.125. The zero-order valence-electron chi connectivity index (χ0n) is 7.56. The number of carbonyl (C=O) groups is 3. The van der Waals surface area contributed by atoms with Crippen LogP contribution in [0.2, 0.25) is 0 Å². The van der Waals surface area contributed by atoms with Crippen LogP contribution in [0.15, 0.2) is 24.3 Å². The molecule has 0 atom stereocenters. The fourth-order valence-corrected chi connectivity index (χ4v) is 0.143. The Morgan fingerprint density at radius 2 is 1.36 bits per heavy atom. The number of rotatable bonds is 3. The van der Waals surface area contributed by atoms with E-state index in [2.05, 4.69) is 6.58 Å². The third-order valence-electron chi connectivity index (χ3n) is 0.789. The molecule has 0 aromatic rings. The van der Waals surface area contributed by atoms with E-state index in [0.29, 0.717) is 17.7 Å². The van der Waals surface area contributed by atoms with E-state index in [1.165, 1.54) is 0 Å². The number of hydrogen-bond acceptors (Lipinski definition) is 3. The topological polar surface area (TPSA) is 118 Å². The first-order chi connectivity index (χ1) is 6.27. The molecule has 0 fully saturated rings. The molecule has 6 nitrogen and oxygen atoms in total. The van der Waals surface area contributed by atoms with Crippen molar-refractivity contribution in [2.45, 2.75) is 6.92 Å². The van der Waals surface area contributed by atoms with Gasteiger partial charge in [-0.1, -0.05) is 6.58 Å². The minimum atomic E-state index is -1.26. The predicted octanol–water partition coefficient (Wildman–Crippen LogP) is -0.240. The van der Waals surface area contributed by atoms with Crippen molar-refractivity contribution in [3.63, 3.8) is 0 Å². The summed E-state index contributed by atoms with van der Waals surface area (Å²) in [7, 11) is 0. The van der Waals surface area contributed by atoms with E-state index in [1.54, 1.807) is 6.92 Å². The van der Waals surface area contributed by atoms with E-state index < -0.39 is 17.8 Å². The Labute approximate surface area is 80.3 Å². The molecule has 0 saturated heterocycles. The van der Waals surface area contributed by atoms with Crippen LogP contribution in [0.3, 0.4) is 0 Å². The summed E-state index contributed by atoms with van der Waals surface area (Å²) >= 11 is 0. The maximum atomic E-state index is 9.82. The Kier molecular flexibility index (Phi) is 7.76. The van der Waals surface area contributed by atoms with Crippen LogP contribution in [0.5, 0.6) is 0 Å². The molecule has 0 saturated carbocycles. The van der Waals surface area contributed by atoms with Gasteiger partial charge in [-0.05, 0) is 6.92 Å². The van der Waals surface area contributed by atoms with Gasteiger partial charge >= 0.3 is 11.9 Å². The van der Waals surface area contributed by atoms with Gasteiger partial charge in [-0.3, -0.25) is 4.79 Å². The summed E-state index contributed by atoms with van der Waals surface area (Å²) in [5.74, 6) is -2.95. The third-order valence-corrected chi connectivity index (χ3v) is 0.789. The van der Waals surface area contributed by atoms with Gasteiger partial charge < -0.3 is 15.9 Å². The predicted molar refractivity (Wildman–Crippen MR) is 48.4 cm³/mol. The molecule has 0 aromatic heterocycles. The first-order valence-electron chi connectivity index (χ1n) is 3.36. The molecule has 0 aliphatic rings. The lowest BCUT2D eigenvalue weighted by molar-refractivity contribution is -0.134. The molecule has 1 amide bonds. The summed E-state index contributed by atoms with van der Waals surface area (Å²) in [6, 6.07) is 0. The van der Waals surface area contributed by atoms with E-state index in [1.807, 2.05) is 0 Å². The van der Waals surface area contributed by atoms with E-state index in [-0.39, 0.29) is 0 Å². The van der Waals surface area contributed by atoms with E-state index in [4.69, 9.17) is 15.9 Å². The van der Waals surface area contributed by atoms with Gasteiger partial charge in [-0.25, -0.2) is 9.59 Å². The van der Waals surface area contributed by atoms with Crippen LogP contribution in [0.4, 0.5) is 0 Å². The van der Waals surface area contributed by atoms with E-state index in [9.17, 15) is 14.4 Å². The Hall–Kier alpha value is -2.11. The van der Waals surface area contributed by atoms with Crippen molar-refractivity contribution < 1.29 is 24.6 Å². The van der Waals surface area contributed by atoms with Crippen LogP contribution >= 0.6 is 0 Å². The number of primary amides is 1. The molecule has 14 heavy (non-hydrogen) atoms. The minimum Gasteiger partial charge on any atom is -0.478 e. The number of aliphatic carboxylic acids is 2. The highest BCUT2D eigenvalue weighted by molar-refractivity contribution is 5.90. The maximum absolute atomic E-state index is 9.82. The lowest BCUT2D eigenvalue weighted by Crippen LogP contribution is -2.10. The van der Waals surface area contributed by atoms with Crippen molar-refractivity contribution in [3.8, 4) is 0 Å². The smallest absolute Gasteiger partial charge is 0.328 e. The number of carboxylic acid groups (broad SMARTS) is 2. The molecule has 0 aliphatic heterocycles. The normalized spacial score (nSPS) is 8.64. The Bertz CT molecular complexity index is 251. The molecule has 4 N–H and O–H groups in total. The van der Waals surface area contributed by atoms with Gasteiger partial charge in [0.2, 0.25) is 5.91 Å². The van der Waals surface area contributed by atoms with Gasteiger partial charge in [0.05, 0.1) is 0 Å². The number of amides is 1.